The quantitative estimate of drug-likeness (QED) is 0.910. The first kappa shape index (κ1) is 17.0. The topological polar surface area (TPSA) is 78.8 Å². The first-order valence-electron chi connectivity index (χ1n) is 8.48. The number of carbonyl (C=O) groups is 1. The Morgan fingerprint density at radius 2 is 2.12 bits per heavy atom. The minimum Gasteiger partial charge on any atom is -0.350 e. The van der Waals surface area contributed by atoms with Gasteiger partial charge in [-0.1, -0.05) is 13.3 Å². The summed E-state index contributed by atoms with van der Waals surface area (Å²) in [5.41, 5.74) is 0.994. The van der Waals surface area contributed by atoms with E-state index in [9.17, 15) is 13.2 Å². The summed E-state index contributed by atoms with van der Waals surface area (Å²) >= 11 is 0. The molecular formula is C17H23N3O3S. The van der Waals surface area contributed by atoms with Gasteiger partial charge in [-0.3, -0.25) is 4.79 Å². The van der Waals surface area contributed by atoms with Crippen molar-refractivity contribution in [3.63, 3.8) is 0 Å². The molecule has 0 aromatic heterocycles. The van der Waals surface area contributed by atoms with E-state index in [4.69, 9.17) is 0 Å². The number of nitrogens with one attached hydrogen (secondary N) is 1. The number of amides is 1. The Labute approximate surface area is 143 Å². The Hall–Kier alpha value is -1.89. The number of hydrogen-bond donors (Lipinski definition) is 1. The summed E-state index contributed by atoms with van der Waals surface area (Å²) in [5, 5.41) is 2.86. The summed E-state index contributed by atoms with van der Waals surface area (Å²) < 4.78 is 29.1. The van der Waals surface area contributed by atoms with Crippen LogP contribution in [-0.2, 0) is 10.0 Å². The second-order valence-corrected chi connectivity index (χ2v) is 7.98. The second-order valence-electron chi connectivity index (χ2n) is 6.41. The molecule has 130 valence electrons. The molecule has 0 spiro atoms. The fraction of sp³-hybridized carbons (Fsp3) is 0.529. The van der Waals surface area contributed by atoms with Gasteiger partial charge in [-0.2, -0.15) is 8.42 Å². The fourth-order valence-corrected chi connectivity index (χ4v) is 4.31. The van der Waals surface area contributed by atoms with E-state index in [1.54, 1.807) is 12.1 Å². The average molecular weight is 349 g/mol. The van der Waals surface area contributed by atoms with E-state index >= 15 is 0 Å². The lowest BCUT2D eigenvalue weighted by molar-refractivity contribution is 0.0939. The van der Waals surface area contributed by atoms with Crippen LogP contribution >= 0.6 is 0 Å². The Bertz CT molecular complexity index is 786. The zero-order chi connectivity index (χ0) is 17.3. The molecule has 1 N–H and O–H groups in total. The predicted molar refractivity (Wildman–Crippen MR) is 94.1 cm³/mol. The molecule has 1 saturated heterocycles. The highest BCUT2D eigenvalue weighted by Gasteiger charge is 2.32. The summed E-state index contributed by atoms with van der Waals surface area (Å²) in [7, 11) is -3.75. The van der Waals surface area contributed by atoms with Crippen molar-refractivity contribution in [2.45, 2.75) is 56.9 Å². The van der Waals surface area contributed by atoms with Gasteiger partial charge in [0.25, 0.3) is 15.9 Å². The largest absolute Gasteiger partial charge is 0.350 e. The Morgan fingerprint density at radius 1 is 1.33 bits per heavy atom. The second kappa shape index (κ2) is 6.55. The minimum absolute atomic E-state index is 0.0420. The lowest BCUT2D eigenvalue weighted by atomic mass is 10.1. The summed E-state index contributed by atoms with van der Waals surface area (Å²) in [6.45, 7) is 4.67. The maximum absolute atomic E-state index is 12.5. The summed E-state index contributed by atoms with van der Waals surface area (Å²) in [5.74, 6) is 0.366. The summed E-state index contributed by atoms with van der Waals surface area (Å²) in [6.07, 6.45) is 4.52. The monoisotopic (exact) mass is 349 g/mol. The van der Waals surface area contributed by atoms with Crippen molar-refractivity contribution in [1.82, 2.24) is 5.32 Å². The first-order valence-corrected chi connectivity index (χ1v) is 9.92. The summed E-state index contributed by atoms with van der Waals surface area (Å²) in [4.78, 5) is 14.4. The van der Waals surface area contributed by atoms with Gasteiger partial charge in [0.05, 0.1) is 5.69 Å². The third-order valence-corrected chi connectivity index (χ3v) is 5.93. The predicted octanol–water partition coefficient (Wildman–Crippen LogP) is 2.70. The molecule has 1 aromatic carbocycles. The maximum Gasteiger partial charge on any atom is 0.286 e. The van der Waals surface area contributed by atoms with Crippen LogP contribution in [0.2, 0.25) is 0 Å². The van der Waals surface area contributed by atoms with Crippen molar-refractivity contribution in [2.75, 3.05) is 11.4 Å². The number of nitrogens with zero attached hydrogens (tertiary/aromatic N) is 2. The van der Waals surface area contributed by atoms with Gasteiger partial charge in [0.1, 0.15) is 10.7 Å². The average Bonchev–Trinajstić information content (AvgIpc) is 2.79. The van der Waals surface area contributed by atoms with Gasteiger partial charge in [0, 0.05) is 24.6 Å². The molecule has 1 atom stereocenters. The molecule has 2 aliphatic rings. The van der Waals surface area contributed by atoms with Gasteiger partial charge >= 0.3 is 0 Å². The number of anilines is 1. The number of amidine groups is 1. The zero-order valence-corrected chi connectivity index (χ0v) is 14.9. The highest BCUT2D eigenvalue weighted by Crippen LogP contribution is 2.34. The van der Waals surface area contributed by atoms with Gasteiger partial charge in [0.15, 0.2) is 0 Å². The van der Waals surface area contributed by atoms with Crippen LogP contribution < -0.4 is 10.2 Å². The Balaban J connectivity index is 2.00. The van der Waals surface area contributed by atoms with E-state index in [0.717, 1.165) is 32.2 Å². The lowest BCUT2D eigenvalue weighted by Crippen LogP contribution is -2.36. The number of fused-ring (bicyclic) bond motifs is 3. The third kappa shape index (κ3) is 3.17. The number of sulfonamides is 1. The van der Waals surface area contributed by atoms with Gasteiger partial charge < -0.3 is 10.2 Å². The SMILES string of the molecule is CCC(C)NC(=O)c1ccc2c(c1)S(=O)(=O)N=C1CCCCCN12. The standard InChI is InChI=1S/C17H23N3O3S/c1-3-12(2)18-17(21)13-8-9-14-15(11-13)24(22,23)19-16-7-5-4-6-10-20(14)16/h8-9,11-12H,3-7,10H2,1-2H3,(H,18,21). The Kier molecular flexibility index (Phi) is 4.62. The first-order chi connectivity index (χ1) is 11.4. The molecule has 0 aliphatic carbocycles. The van der Waals surface area contributed by atoms with E-state index in [0.29, 0.717) is 23.5 Å². The smallest absolute Gasteiger partial charge is 0.286 e. The van der Waals surface area contributed by atoms with Crippen molar-refractivity contribution >= 4 is 27.5 Å². The number of hydrogen-bond acceptors (Lipinski definition) is 4. The van der Waals surface area contributed by atoms with Crippen molar-refractivity contribution in [3.05, 3.63) is 23.8 Å². The summed E-state index contributed by atoms with van der Waals surface area (Å²) in [6, 6.07) is 4.92. The highest BCUT2D eigenvalue weighted by atomic mass is 32.2. The van der Waals surface area contributed by atoms with Gasteiger partial charge in [-0.05, 0) is 44.4 Å². The van der Waals surface area contributed by atoms with Crippen molar-refractivity contribution in [3.8, 4) is 0 Å². The van der Waals surface area contributed by atoms with E-state index < -0.39 is 10.0 Å². The van der Waals surface area contributed by atoms with Crippen molar-refractivity contribution < 1.29 is 13.2 Å². The van der Waals surface area contributed by atoms with Gasteiger partial charge in [-0.15, -0.1) is 4.40 Å². The molecule has 1 aromatic rings. The van der Waals surface area contributed by atoms with Crippen LogP contribution in [-0.4, -0.2) is 32.7 Å². The van der Waals surface area contributed by atoms with E-state index in [1.165, 1.54) is 6.07 Å². The van der Waals surface area contributed by atoms with E-state index in [-0.39, 0.29) is 16.8 Å². The normalized spacial score (nSPS) is 20.2. The van der Waals surface area contributed by atoms with Crippen LogP contribution in [0.25, 0.3) is 0 Å². The molecular weight excluding hydrogens is 326 g/mol. The molecule has 0 bridgehead atoms. The third-order valence-electron chi connectivity index (χ3n) is 4.60. The fourth-order valence-electron chi connectivity index (χ4n) is 3.03. The van der Waals surface area contributed by atoms with E-state index in [1.807, 2.05) is 18.7 Å². The highest BCUT2D eigenvalue weighted by molar-refractivity contribution is 7.90. The number of benzene rings is 1. The van der Waals surface area contributed by atoms with Crippen LogP contribution in [0.3, 0.4) is 0 Å². The molecule has 3 rings (SSSR count). The zero-order valence-electron chi connectivity index (χ0n) is 14.1. The van der Waals surface area contributed by atoms with Crippen molar-refractivity contribution in [1.29, 1.82) is 0 Å². The molecule has 24 heavy (non-hydrogen) atoms. The maximum atomic E-state index is 12.5. The molecule has 2 heterocycles. The minimum atomic E-state index is -3.75. The van der Waals surface area contributed by atoms with Gasteiger partial charge in [0.2, 0.25) is 0 Å². The van der Waals surface area contributed by atoms with Crippen molar-refractivity contribution in [2.24, 2.45) is 4.40 Å². The molecule has 6 nitrogen and oxygen atoms in total. The number of rotatable bonds is 3. The van der Waals surface area contributed by atoms with Crippen LogP contribution in [0.1, 0.15) is 56.3 Å². The molecule has 0 saturated carbocycles. The Morgan fingerprint density at radius 3 is 2.88 bits per heavy atom. The molecule has 1 fully saturated rings. The van der Waals surface area contributed by atoms with Crippen LogP contribution in [0.15, 0.2) is 27.5 Å². The van der Waals surface area contributed by atoms with Crippen LogP contribution in [0, 0.1) is 0 Å². The number of carbonyl (C=O) groups excluding carboxylic acids is 1. The molecule has 1 amide bonds. The van der Waals surface area contributed by atoms with Crippen LogP contribution in [0.4, 0.5) is 5.69 Å². The van der Waals surface area contributed by atoms with Gasteiger partial charge in [-0.25, -0.2) is 0 Å². The molecule has 0 radical (unpaired) electrons. The lowest BCUT2D eigenvalue weighted by Gasteiger charge is -2.29. The van der Waals surface area contributed by atoms with E-state index in [2.05, 4.69) is 9.71 Å². The molecule has 7 heteroatoms. The molecule has 1 unspecified atom stereocenters. The van der Waals surface area contributed by atoms with Crippen LogP contribution in [0.5, 0.6) is 0 Å². The molecule has 2 aliphatic heterocycles.